The number of benzene rings is 2. The Bertz CT molecular complexity index is 1040. The van der Waals surface area contributed by atoms with Gasteiger partial charge in [0.1, 0.15) is 11.5 Å². The van der Waals surface area contributed by atoms with Gasteiger partial charge in [0.05, 0.1) is 24.5 Å². The number of halogens is 1. The molecule has 1 N–H and O–H groups in total. The molecule has 2 aliphatic rings. The first-order valence-electron chi connectivity index (χ1n) is 9.55. The van der Waals surface area contributed by atoms with Crippen molar-refractivity contribution in [1.29, 1.82) is 0 Å². The zero-order chi connectivity index (χ0) is 21.3. The van der Waals surface area contributed by atoms with Crippen LogP contribution in [0.3, 0.4) is 0 Å². The number of carbonyl (C=O) groups is 3. The number of ether oxygens (including phenoxy) is 1. The van der Waals surface area contributed by atoms with Crippen LogP contribution in [-0.2, 0) is 19.1 Å². The van der Waals surface area contributed by atoms with Crippen molar-refractivity contribution >= 4 is 34.7 Å². The fourth-order valence-electron chi connectivity index (χ4n) is 3.63. The van der Waals surface area contributed by atoms with E-state index in [9.17, 15) is 18.8 Å². The van der Waals surface area contributed by atoms with Crippen LogP contribution in [0.2, 0.25) is 0 Å². The predicted octanol–water partition coefficient (Wildman–Crippen LogP) is 2.40. The third-order valence-electron chi connectivity index (χ3n) is 4.97. The van der Waals surface area contributed by atoms with Gasteiger partial charge in [0.2, 0.25) is 5.91 Å². The average Bonchev–Trinajstić information content (AvgIpc) is 2.99. The highest BCUT2D eigenvalue weighted by atomic mass is 19.1. The summed E-state index contributed by atoms with van der Waals surface area (Å²) in [6.07, 6.45) is 0. The monoisotopic (exact) mass is 409 g/mol. The van der Waals surface area contributed by atoms with E-state index in [0.29, 0.717) is 37.6 Å². The van der Waals surface area contributed by atoms with Gasteiger partial charge in [0, 0.05) is 25.7 Å². The highest BCUT2D eigenvalue weighted by molar-refractivity contribution is 6.45. The van der Waals surface area contributed by atoms with Crippen LogP contribution in [0.25, 0.3) is 5.57 Å². The smallest absolute Gasteiger partial charge is 0.282 e. The second-order valence-corrected chi connectivity index (χ2v) is 6.98. The number of nitrogens with zero attached hydrogens (tertiary/aromatic N) is 2. The predicted molar refractivity (Wildman–Crippen MR) is 109 cm³/mol. The number of anilines is 2. The molecule has 8 heteroatoms. The van der Waals surface area contributed by atoms with Crippen LogP contribution < -0.4 is 10.2 Å². The largest absolute Gasteiger partial charge is 0.378 e. The molecule has 0 radical (unpaired) electrons. The minimum atomic E-state index is -0.650. The minimum absolute atomic E-state index is 0.0804. The molecule has 0 spiro atoms. The molecule has 0 atom stereocenters. The van der Waals surface area contributed by atoms with Crippen molar-refractivity contribution in [2.24, 2.45) is 0 Å². The zero-order valence-electron chi connectivity index (χ0n) is 16.4. The van der Waals surface area contributed by atoms with Crippen molar-refractivity contribution in [3.05, 3.63) is 65.6 Å². The molecule has 2 heterocycles. The van der Waals surface area contributed by atoms with E-state index in [1.54, 1.807) is 30.3 Å². The summed E-state index contributed by atoms with van der Waals surface area (Å²) in [5.74, 6) is -2.01. The van der Waals surface area contributed by atoms with E-state index in [1.807, 2.05) is 4.90 Å². The van der Waals surface area contributed by atoms with Gasteiger partial charge in [-0.2, -0.15) is 0 Å². The molecule has 1 saturated heterocycles. The molecule has 3 amide bonds. The van der Waals surface area contributed by atoms with E-state index < -0.39 is 17.6 Å². The first-order chi connectivity index (χ1) is 14.5. The van der Waals surface area contributed by atoms with Crippen LogP contribution in [0.15, 0.2) is 54.2 Å². The molecule has 1 fully saturated rings. The maximum Gasteiger partial charge on any atom is 0.282 e. The van der Waals surface area contributed by atoms with E-state index in [4.69, 9.17) is 4.74 Å². The summed E-state index contributed by atoms with van der Waals surface area (Å²) in [5.41, 5.74) is 1.45. The van der Waals surface area contributed by atoms with E-state index in [0.717, 1.165) is 4.90 Å². The number of nitrogens with one attached hydrogen (secondary N) is 1. The third-order valence-corrected chi connectivity index (χ3v) is 4.97. The van der Waals surface area contributed by atoms with Crippen LogP contribution >= 0.6 is 0 Å². The molecular formula is C22H20FN3O4. The van der Waals surface area contributed by atoms with Gasteiger partial charge in [-0.1, -0.05) is 24.3 Å². The Morgan fingerprint density at radius 2 is 1.67 bits per heavy atom. The number of imide groups is 1. The van der Waals surface area contributed by atoms with Gasteiger partial charge < -0.3 is 15.0 Å². The summed E-state index contributed by atoms with van der Waals surface area (Å²) in [6.45, 7) is 3.16. The lowest BCUT2D eigenvalue weighted by atomic mass is 10.0. The van der Waals surface area contributed by atoms with Gasteiger partial charge in [-0.3, -0.25) is 14.4 Å². The molecule has 2 aliphatic heterocycles. The Balaban J connectivity index is 1.79. The molecular weight excluding hydrogens is 389 g/mol. The third kappa shape index (κ3) is 3.57. The molecule has 2 aromatic rings. The Morgan fingerprint density at radius 1 is 1.00 bits per heavy atom. The minimum Gasteiger partial charge on any atom is -0.378 e. The van der Waals surface area contributed by atoms with E-state index in [1.165, 1.54) is 25.1 Å². The number of morpholine rings is 1. The van der Waals surface area contributed by atoms with Crippen LogP contribution in [0.1, 0.15) is 12.5 Å². The summed E-state index contributed by atoms with van der Waals surface area (Å²) in [4.78, 5) is 40.6. The molecule has 2 aromatic carbocycles. The number of hydrogen-bond acceptors (Lipinski definition) is 5. The van der Waals surface area contributed by atoms with Gasteiger partial charge in [0.15, 0.2) is 0 Å². The molecule has 154 valence electrons. The van der Waals surface area contributed by atoms with Crippen molar-refractivity contribution < 1.29 is 23.5 Å². The fraction of sp³-hybridized carbons (Fsp3) is 0.227. The molecule has 0 aliphatic carbocycles. The molecule has 30 heavy (non-hydrogen) atoms. The van der Waals surface area contributed by atoms with Crippen molar-refractivity contribution in [3.8, 4) is 0 Å². The lowest BCUT2D eigenvalue weighted by molar-refractivity contribution is -0.121. The number of hydrogen-bond donors (Lipinski definition) is 1. The SMILES string of the molecule is CC(=O)Nc1ccc(C2=C(N3CCOCC3)C(=O)N(c3ccccc3F)C2=O)cc1. The normalized spacial score (nSPS) is 17.0. The van der Waals surface area contributed by atoms with Crippen molar-refractivity contribution in [2.45, 2.75) is 6.92 Å². The highest BCUT2D eigenvalue weighted by Gasteiger charge is 2.43. The Hall–Kier alpha value is -3.52. The quantitative estimate of drug-likeness (QED) is 0.785. The summed E-state index contributed by atoms with van der Waals surface area (Å²) in [6, 6.07) is 12.3. The zero-order valence-corrected chi connectivity index (χ0v) is 16.4. The number of para-hydroxylation sites is 1. The van der Waals surface area contributed by atoms with Gasteiger partial charge in [-0.15, -0.1) is 0 Å². The number of rotatable bonds is 4. The van der Waals surface area contributed by atoms with Gasteiger partial charge in [-0.05, 0) is 29.8 Å². The fourth-order valence-corrected chi connectivity index (χ4v) is 3.63. The molecule has 0 aromatic heterocycles. The van der Waals surface area contributed by atoms with Crippen molar-refractivity contribution in [2.75, 3.05) is 36.5 Å². The number of carbonyl (C=O) groups excluding carboxylic acids is 3. The molecule has 7 nitrogen and oxygen atoms in total. The second kappa shape index (κ2) is 8.08. The van der Waals surface area contributed by atoms with E-state index in [-0.39, 0.29) is 22.9 Å². The summed E-state index contributed by atoms with van der Waals surface area (Å²) in [5, 5.41) is 2.67. The maximum atomic E-state index is 14.4. The Morgan fingerprint density at radius 3 is 2.30 bits per heavy atom. The summed E-state index contributed by atoms with van der Waals surface area (Å²) < 4.78 is 19.8. The second-order valence-electron chi connectivity index (χ2n) is 6.98. The summed E-state index contributed by atoms with van der Waals surface area (Å²) >= 11 is 0. The molecule has 4 rings (SSSR count). The van der Waals surface area contributed by atoms with Gasteiger partial charge in [-0.25, -0.2) is 9.29 Å². The first kappa shape index (κ1) is 19.8. The van der Waals surface area contributed by atoms with Crippen molar-refractivity contribution in [3.63, 3.8) is 0 Å². The van der Waals surface area contributed by atoms with Crippen LogP contribution in [-0.4, -0.2) is 48.9 Å². The Labute approximate surface area is 172 Å². The first-order valence-corrected chi connectivity index (χ1v) is 9.55. The van der Waals surface area contributed by atoms with E-state index in [2.05, 4.69) is 5.32 Å². The lowest BCUT2D eigenvalue weighted by Crippen LogP contribution is -2.40. The molecule has 0 bridgehead atoms. The van der Waals surface area contributed by atoms with Crippen LogP contribution in [0, 0.1) is 5.82 Å². The topological polar surface area (TPSA) is 79.0 Å². The summed E-state index contributed by atoms with van der Waals surface area (Å²) in [7, 11) is 0. The highest BCUT2D eigenvalue weighted by Crippen LogP contribution is 2.36. The van der Waals surface area contributed by atoms with Crippen LogP contribution in [0.4, 0.5) is 15.8 Å². The molecule has 0 saturated carbocycles. The lowest BCUT2D eigenvalue weighted by Gasteiger charge is -2.29. The number of amides is 3. The molecule has 0 unspecified atom stereocenters. The van der Waals surface area contributed by atoms with Gasteiger partial charge in [0.25, 0.3) is 11.8 Å². The van der Waals surface area contributed by atoms with Gasteiger partial charge >= 0.3 is 0 Å². The standard InChI is InChI=1S/C22H20FN3O4/c1-14(27)24-16-8-6-15(7-9-16)19-20(25-10-12-30-13-11-25)22(29)26(21(19)28)18-5-3-2-4-17(18)23/h2-9H,10-13H2,1H3,(H,24,27). The Kier molecular flexibility index (Phi) is 5.33. The van der Waals surface area contributed by atoms with Crippen molar-refractivity contribution in [1.82, 2.24) is 4.90 Å². The average molecular weight is 409 g/mol. The van der Waals surface area contributed by atoms with E-state index >= 15 is 0 Å². The van der Waals surface area contributed by atoms with Crippen LogP contribution in [0.5, 0.6) is 0 Å². The maximum absolute atomic E-state index is 14.4.